The molecule has 0 saturated heterocycles. The van der Waals surface area contributed by atoms with Crippen molar-refractivity contribution >= 4 is 39.5 Å². The first-order valence-electron chi connectivity index (χ1n) is 9.54. The molecule has 1 N–H and O–H groups in total. The zero-order chi connectivity index (χ0) is 21.3. The van der Waals surface area contributed by atoms with E-state index in [9.17, 15) is 9.59 Å². The van der Waals surface area contributed by atoms with Gasteiger partial charge in [-0.25, -0.2) is 4.79 Å². The molecule has 4 aromatic rings. The maximum atomic E-state index is 12.7. The highest BCUT2D eigenvalue weighted by Crippen LogP contribution is 2.36. The molecule has 152 valence electrons. The summed E-state index contributed by atoms with van der Waals surface area (Å²) in [4.78, 5) is 25.1. The van der Waals surface area contributed by atoms with E-state index in [-0.39, 0.29) is 0 Å². The van der Waals surface area contributed by atoms with Crippen LogP contribution in [-0.4, -0.2) is 25.1 Å². The Morgan fingerprint density at radius 3 is 2.47 bits per heavy atom. The summed E-state index contributed by atoms with van der Waals surface area (Å²) < 4.78 is 16.7. The summed E-state index contributed by atoms with van der Waals surface area (Å²) in [5, 5.41) is 4.62. The smallest absolute Gasteiger partial charge is 0.339 e. The zero-order valence-corrected chi connectivity index (χ0v) is 16.9. The number of fused-ring (bicyclic) bond motifs is 3. The van der Waals surface area contributed by atoms with Gasteiger partial charge >= 0.3 is 5.97 Å². The molecule has 0 unspecified atom stereocenters. The van der Waals surface area contributed by atoms with Crippen LogP contribution in [0.4, 0.5) is 5.69 Å². The molecule has 1 atom stereocenters. The van der Waals surface area contributed by atoms with E-state index in [2.05, 4.69) is 5.32 Å². The summed E-state index contributed by atoms with van der Waals surface area (Å²) in [5.41, 5.74) is 3.02. The van der Waals surface area contributed by atoms with Gasteiger partial charge in [-0.2, -0.15) is 0 Å². The van der Waals surface area contributed by atoms with Crippen molar-refractivity contribution in [2.24, 2.45) is 0 Å². The third-order valence-electron chi connectivity index (χ3n) is 4.97. The fraction of sp³-hybridized carbons (Fsp3) is 0.167. The van der Waals surface area contributed by atoms with E-state index in [1.807, 2.05) is 49.4 Å². The van der Waals surface area contributed by atoms with Crippen molar-refractivity contribution < 1.29 is 23.5 Å². The first kappa shape index (κ1) is 19.5. The van der Waals surface area contributed by atoms with Crippen LogP contribution in [0.1, 0.15) is 22.8 Å². The lowest BCUT2D eigenvalue weighted by atomic mass is 10.1. The molecule has 6 nitrogen and oxygen atoms in total. The van der Waals surface area contributed by atoms with Crippen molar-refractivity contribution in [2.75, 3.05) is 12.4 Å². The number of furan rings is 1. The number of methoxy groups -OCH3 is 1. The quantitative estimate of drug-likeness (QED) is 0.470. The number of hydrogen-bond donors (Lipinski definition) is 1. The molecule has 30 heavy (non-hydrogen) atoms. The van der Waals surface area contributed by atoms with E-state index in [0.717, 1.165) is 21.9 Å². The lowest BCUT2D eigenvalue weighted by molar-refractivity contribution is -0.123. The number of benzene rings is 3. The standard InChI is InChI=1S/C24H21NO5/c1-14-8-4-5-9-16(14)24(27)29-15(2)23(26)25-19-13-21-18(12-22(19)28-3)17-10-6-7-11-20(17)30-21/h4-13,15H,1-3H3,(H,25,26)/t15-/m0/s1. The summed E-state index contributed by atoms with van der Waals surface area (Å²) in [7, 11) is 1.53. The fourth-order valence-electron chi connectivity index (χ4n) is 3.33. The minimum Gasteiger partial charge on any atom is -0.495 e. The number of ether oxygens (including phenoxy) is 2. The Morgan fingerprint density at radius 2 is 1.70 bits per heavy atom. The summed E-state index contributed by atoms with van der Waals surface area (Å²) in [6.07, 6.45) is -0.992. The van der Waals surface area contributed by atoms with Crippen molar-refractivity contribution in [3.05, 3.63) is 71.8 Å². The molecule has 4 rings (SSSR count). The van der Waals surface area contributed by atoms with E-state index in [4.69, 9.17) is 13.9 Å². The van der Waals surface area contributed by atoms with Gasteiger partial charge in [0.15, 0.2) is 6.10 Å². The molecule has 0 fully saturated rings. The van der Waals surface area contributed by atoms with Gasteiger partial charge in [0.2, 0.25) is 0 Å². The molecule has 3 aromatic carbocycles. The summed E-state index contributed by atoms with van der Waals surface area (Å²) in [5.74, 6) is -0.527. The predicted octanol–water partition coefficient (Wildman–Crippen LogP) is 5.09. The van der Waals surface area contributed by atoms with Crippen molar-refractivity contribution in [3.8, 4) is 5.75 Å². The molecule has 0 radical (unpaired) electrons. The number of carbonyl (C=O) groups excluding carboxylic acids is 2. The maximum absolute atomic E-state index is 12.7. The van der Waals surface area contributed by atoms with Crippen molar-refractivity contribution in [1.82, 2.24) is 0 Å². The van der Waals surface area contributed by atoms with Crippen LogP contribution in [0, 0.1) is 6.92 Å². The maximum Gasteiger partial charge on any atom is 0.339 e. The average molecular weight is 403 g/mol. The monoisotopic (exact) mass is 403 g/mol. The van der Waals surface area contributed by atoms with Gasteiger partial charge in [0.1, 0.15) is 16.9 Å². The lowest BCUT2D eigenvalue weighted by Gasteiger charge is -2.16. The highest BCUT2D eigenvalue weighted by molar-refractivity contribution is 6.08. The van der Waals surface area contributed by atoms with Crippen LogP contribution in [0.25, 0.3) is 21.9 Å². The van der Waals surface area contributed by atoms with Crippen LogP contribution in [0.5, 0.6) is 5.75 Å². The fourth-order valence-corrected chi connectivity index (χ4v) is 3.33. The molecule has 1 aromatic heterocycles. The number of carbonyl (C=O) groups is 2. The molecule has 6 heteroatoms. The first-order chi connectivity index (χ1) is 14.5. The summed E-state index contributed by atoms with van der Waals surface area (Å²) in [6, 6.07) is 18.3. The Bertz CT molecular complexity index is 1260. The van der Waals surface area contributed by atoms with Crippen molar-refractivity contribution in [1.29, 1.82) is 0 Å². The molecule has 0 aliphatic rings. The Labute approximate surface area is 173 Å². The molecule has 0 bridgehead atoms. The number of rotatable bonds is 5. The number of aryl methyl sites for hydroxylation is 1. The number of para-hydroxylation sites is 1. The van der Waals surface area contributed by atoms with Crippen LogP contribution in [-0.2, 0) is 9.53 Å². The van der Waals surface area contributed by atoms with Gasteiger partial charge in [0, 0.05) is 16.8 Å². The zero-order valence-electron chi connectivity index (χ0n) is 16.9. The number of nitrogens with one attached hydrogen (secondary N) is 1. The molecule has 0 saturated carbocycles. The Hall–Kier alpha value is -3.80. The predicted molar refractivity (Wildman–Crippen MR) is 115 cm³/mol. The van der Waals surface area contributed by atoms with E-state index < -0.39 is 18.0 Å². The van der Waals surface area contributed by atoms with Crippen LogP contribution < -0.4 is 10.1 Å². The van der Waals surface area contributed by atoms with Gasteiger partial charge in [-0.1, -0.05) is 36.4 Å². The topological polar surface area (TPSA) is 77.8 Å². The lowest BCUT2D eigenvalue weighted by Crippen LogP contribution is -2.30. The van der Waals surface area contributed by atoms with Crippen molar-refractivity contribution in [2.45, 2.75) is 20.0 Å². The first-order valence-corrected chi connectivity index (χ1v) is 9.54. The molecular weight excluding hydrogens is 382 g/mol. The third-order valence-corrected chi connectivity index (χ3v) is 4.97. The molecule has 0 spiro atoms. The van der Waals surface area contributed by atoms with Gasteiger partial charge < -0.3 is 19.2 Å². The van der Waals surface area contributed by atoms with E-state index in [0.29, 0.717) is 22.6 Å². The van der Waals surface area contributed by atoms with E-state index in [1.54, 1.807) is 18.2 Å². The largest absolute Gasteiger partial charge is 0.495 e. The van der Waals surface area contributed by atoms with Crippen LogP contribution in [0.15, 0.2) is 65.1 Å². The highest BCUT2D eigenvalue weighted by atomic mass is 16.5. The van der Waals surface area contributed by atoms with E-state index in [1.165, 1.54) is 14.0 Å². The summed E-state index contributed by atoms with van der Waals surface area (Å²) >= 11 is 0. The number of hydrogen-bond acceptors (Lipinski definition) is 5. The number of amides is 1. The SMILES string of the molecule is COc1cc2c(cc1NC(=O)[C@H](C)OC(=O)c1ccccc1C)oc1ccccc12. The second-order valence-electron chi connectivity index (χ2n) is 7.00. The molecule has 1 amide bonds. The molecule has 1 heterocycles. The van der Waals surface area contributed by atoms with Gasteiger partial charge in [-0.05, 0) is 37.6 Å². The van der Waals surface area contributed by atoms with Crippen LogP contribution in [0.2, 0.25) is 0 Å². The Balaban J connectivity index is 1.56. The van der Waals surface area contributed by atoms with Gasteiger partial charge in [-0.15, -0.1) is 0 Å². The summed E-state index contributed by atoms with van der Waals surface area (Å²) in [6.45, 7) is 3.34. The Morgan fingerprint density at radius 1 is 0.967 bits per heavy atom. The minimum atomic E-state index is -0.992. The second kappa shape index (κ2) is 7.91. The molecular formula is C24H21NO5. The highest BCUT2D eigenvalue weighted by Gasteiger charge is 2.22. The molecule has 0 aliphatic heterocycles. The number of anilines is 1. The van der Waals surface area contributed by atoms with Crippen molar-refractivity contribution in [3.63, 3.8) is 0 Å². The Kier molecular flexibility index (Phi) is 5.14. The van der Waals surface area contributed by atoms with Crippen LogP contribution in [0.3, 0.4) is 0 Å². The second-order valence-corrected chi connectivity index (χ2v) is 7.00. The van der Waals surface area contributed by atoms with Gasteiger partial charge in [-0.3, -0.25) is 4.79 Å². The average Bonchev–Trinajstić information content (AvgIpc) is 3.10. The minimum absolute atomic E-state index is 0.429. The van der Waals surface area contributed by atoms with E-state index >= 15 is 0 Å². The van der Waals surface area contributed by atoms with Gasteiger partial charge in [0.05, 0.1) is 18.4 Å². The van der Waals surface area contributed by atoms with Gasteiger partial charge in [0.25, 0.3) is 5.91 Å². The third kappa shape index (κ3) is 3.59. The number of esters is 1. The van der Waals surface area contributed by atoms with Crippen LogP contribution >= 0.6 is 0 Å². The normalized spacial score (nSPS) is 12.0. The molecule has 0 aliphatic carbocycles.